The van der Waals surface area contributed by atoms with Gasteiger partial charge in [0.1, 0.15) is 6.73 Å². The van der Waals surface area contributed by atoms with E-state index in [1.165, 1.54) is 6.07 Å². The molecule has 0 fully saturated rings. The zero-order chi connectivity index (χ0) is 32.2. The third kappa shape index (κ3) is 5.16. The zero-order valence-electron chi connectivity index (χ0n) is 17.9. The Kier molecular flexibility index (Phi) is 8.96. The number of hydrogen-bond donors (Lipinski definition) is 1. The molecule has 0 amide bonds. The second-order valence-electron chi connectivity index (χ2n) is 7.14. The molecule has 0 aliphatic heterocycles. The highest BCUT2D eigenvalue weighted by molar-refractivity contribution is 7.90. The molecule has 0 spiro atoms. The van der Waals surface area contributed by atoms with Crippen LogP contribution < -0.4 is 4.72 Å². The predicted octanol–water partition coefficient (Wildman–Crippen LogP) is 5.24. The molecule has 1 aromatic carbocycles. The van der Waals surface area contributed by atoms with Gasteiger partial charge in [-0.2, -0.15) is 87.8 Å². The number of nitrogens with one attached hydrogen (secondary N) is 1. The van der Waals surface area contributed by atoms with Crippen molar-refractivity contribution in [1.29, 1.82) is 0 Å². The third-order valence-electron chi connectivity index (χ3n) is 4.53. The SMILES string of the molecule is O=S(=O)(OCNS(=O)(=O)C(F)(F)C(F)(F)C(F)(F)C(F)(F)C(F)(F)C(F)(F)C(F)(F)C(F)(F)F)c1ccccc1. The van der Waals surface area contributed by atoms with Crippen LogP contribution >= 0.6 is 0 Å². The molecule has 25 heteroatoms. The maximum atomic E-state index is 13.9. The molecule has 0 unspecified atom stereocenters. The summed E-state index contributed by atoms with van der Waals surface area (Å²) in [5.74, 6) is -52.4. The van der Waals surface area contributed by atoms with Crippen molar-refractivity contribution in [2.75, 3.05) is 6.73 Å². The monoisotopic (exact) mass is 669 g/mol. The van der Waals surface area contributed by atoms with Crippen molar-refractivity contribution in [3.63, 3.8) is 0 Å². The molecule has 0 bridgehead atoms. The second-order valence-corrected chi connectivity index (χ2v) is 10.6. The average Bonchev–Trinajstić information content (AvgIpc) is 2.77. The molecule has 0 aromatic heterocycles. The van der Waals surface area contributed by atoms with E-state index >= 15 is 0 Å². The van der Waals surface area contributed by atoms with Crippen LogP contribution in [-0.2, 0) is 24.3 Å². The highest BCUT2D eigenvalue weighted by Gasteiger charge is 2.96. The van der Waals surface area contributed by atoms with Gasteiger partial charge in [-0.05, 0) is 12.1 Å². The first-order valence-corrected chi connectivity index (χ1v) is 11.9. The van der Waals surface area contributed by atoms with Gasteiger partial charge in [0.15, 0.2) is 0 Å². The highest BCUT2D eigenvalue weighted by Crippen LogP contribution is 2.64. The van der Waals surface area contributed by atoms with Crippen LogP contribution in [0.15, 0.2) is 35.2 Å². The maximum Gasteiger partial charge on any atom is 0.460 e. The van der Waals surface area contributed by atoms with Gasteiger partial charge in [0, 0.05) is 0 Å². The number of rotatable bonds is 12. The summed E-state index contributed by atoms with van der Waals surface area (Å²) in [7, 11) is -12.8. The Hall–Kier alpha value is -2.15. The van der Waals surface area contributed by atoms with Crippen LogP contribution in [0.1, 0.15) is 0 Å². The van der Waals surface area contributed by atoms with Crippen molar-refractivity contribution in [3.8, 4) is 0 Å². The van der Waals surface area contributed by atoms with Gasteiger partial charge in [0.25, 0.3) is 20.1 Å². The first-order chi connectivity index (χ1) is 17.3. The molecule has 0 aliphatic carbocycles. The van der Waals surface area contributed by atoms with Gasteiger partial charge in [-0.15, -0.1) is 0 Å². The second kappa shape index (κ2) is 9.99. The largest absolute Gasteiger partial charge is 0.460 e. The topological polar surface area (TPSA) is 89.5 Å². The summed E-state index contributed by atoms with van der Waals surface area (Å²) in [6.07, 6.45) is -7.94. The molecule has 0 aliphatic rings. The normalized spacial score (nSPS) is 15.8. The number of hydrogen-bond acceptors (Lipinski definition) is 5. The Morgan fingerprint density at radius 2 is 0.900 bits per heavy atom. The first-order valence-electron chi connectivity index (χ1n) is 8.96. The van der Waals surface area contributed by atoms with Gasteiger partial charge in [-0.1, -0.05) is 18.2 Å². The Morgan fingerprint density at radius 3 is 1.27 bits per heavy atom. The fourth-order valence-corrected chi connectivity index (χ4v) is 4.02. The van der Waals surface area contributed by atoms with E-state index in [4.69, 9.17) is 0 Å². The van der Waals surface area contributed by atoms with Gasteiger partial charge in [-0.3, -0.25) is 0 Å². The molecule has 6 nitrogen and oxygen atoms in total. The minimum absolute atomic E-state index is 0.0261. The van der Waals surface area contributed by atoms with Crippen molar-refractivity contribution in [3.05, 3.63) is 30.3 Å². The van der Waals surface area contributed by atoms with Crippen LogP contribution in [0.3, 0.4) is 0 Å². The first kappa shape index (κ1) is 35.9. The summed E-state index contributed by atoms with van der Waals surface area (Å²) in [6.45, 7) is -2.42. The molecule has 1 N–H and O–H groups in total. The molecule has 1 aromatic rings. The van der Waals surface area contributed by atoms with Crippen molar-refractivity contribution >= 4 is 20.1 Å². The van der Waals surface area contributed by atoms with E-state index in [2.05, 4.69) is 4.18 Å². The summed E-state index contributed by atoms with van der Waals surface area (Å²) in [6, 6.07) is 4.56. The summed E-state index contributed by atoms with van der Waals surface area (Å²) in [5.41, 5.74) is 0. The lowest BCUT2D eigenvalue weighted by molar-refractivity contribution is -0.458. The van der Waals surface area contributed by atoms with Crippen molar-refractivity contribution in [2.45, 2.75) is 51.9 Å². The van der Waals surface area contributed by atoms with E-state index in [9.17, 15) is 91.5 Å². The van der Waals surface area contributed by atoms with Crippen molar-refractivity contribution in [1.82, 2.24) is 4.72 Å². The van der Waals surface area contributed by atoms with Gasteiger partial charge in [0.05, 0.1) is 4.90 Å². The summed E-state index contributed by atoms with van der Waals surface area (Å²) < 4.78 is 275. The summed E-state index contributed by atoms with van der Waals surface area (Å²) >= 11 is 0. The van der Waals surface area contributed by atoms with Crippen LogP contribution in [0.5, 0.6) is 0 Å². The summed E-state index contributed by atoms with van der Waals surface area (Å²) in [5, 5.41) is -7.84. The van der Waals surface area contributed by atoms with E-state index in [1.807, 2.05) is 0 Å². The lowest BCUT2D eigenvalue weighted by Crippen LogP contribution is -2.75. The van der Waals surface area contributed by atoms with Crippen LogP contribution in [0.4, 0.5) is 74.6 Å². The smallest absolute Gasteiger partial charge is 0.250 e. The fourth-order valence-electron chi connectivity index (χ4n) is 2.24. The van der Waals surface area contributed by atoms with Crippen LogP contribution in [-0.4, -0.2) is 70.5 Å². The van der Waals surface area contributed by atoms with Gasteiger partial charge in [0.2, 0.25) is 0 Å². The van der Waals surface area contributed by atoms with E-state index < -0.39 is 78.7 Å². The Balaban J connectivity index is 3.48. The third-order valence-corrected chi connectivity index (χ3v) is 7.23. The molecule has 0 saturated heterocycles. The number of alkyl halides is 17. The molecule has 0 heterocycles. The number of halogens is 17. The summed E-state index contributed by atoms with van der Waals surface area (Å²) in [4.78, 5) is -0.878. The quantitative estimate of drug-likeness (QED) is 0.187. The molecule has 234 valence electrons. The van der Waals surface area contributed by atoms with Gasteiger partial charge in [-0.25, -0.2) is 12.6 Å². The van der Waals surface area contributed by atoms with E-state index in [0.717, 1.165) is 12.1 Å². The molecular weight excluding hydrogens is 661 g/mol. The average molecular weight is 669 g/mol. The minimum atomic E-state index is -8.98. The van der Waals surface area contributed by atoms with E-state index in [0.29, 0.717) is 12.1 Å². The highest BCUT2D eigenvalue weighted by atomic mass is 32.2. The minimum Gasteiger partial charge on any atom is -0.250 e. The molecule has 0 atom stereocenters. The number of benzene rings is 1. The predicted molar refractivity (Wildman–Crippen MR) is 92.3 cm³/mol. The molecule has 0 radical (unpaired) electrons. The molecule has 0 saturated carbocycles. The molecule has 1 rings (SSSR count). The lowest BCUT2D eigenvalue weighted by Gasteiger charge is -2.42. The molecular formula is C15H8F17NO5S2. The Bertz CT molecular complexity index is 1280. The van der Waals surface area contributed by atoms with E-state index in [1.54, 1.807) is 0 Å². The lowest BCUT2D eigenvalue weighted by atomic mass is 9.91. The van der Waals surface area contributed by atoms with Crippen molar-refractivity contribution in [2.24, 2.45) is 0 Å². The van der Waals surface area contributed by atoms with E-state index in [-0.39, 0.29) is 4.72 Å². The molecule has 40 heavy (non-hydrogen) atoms. The van der Waals surface area contributed by atoms with Gasteiger partial charge < -0.3 is 0 Å². The van der Waals surface area contributed by atoms with Crippen LogP contribution in [0.25, 0.3) is 0 Å². The maximum absolute atomic E-state index is 13.9. The van der Waals surface area contributed by atoms with Crippen LogP contribution in [0.2, 0.25) is 0 Å². The van der Waals surface area contributed by atoms with Crippen molar-refractivity contribution < 1.29 is 95.7 Å². The number of sulfonamides is 1. The standard InChI is InChI=1S/C15H8F17NO5S2/c16-8(17,10(20,21)12(24,25)14(28,29)30)9(18,19)11(22,23)13(26,27)15(31,32)40(36,37)33-6-38-39(34,35)7-4-2-1-3-5-7/h1-5,33H,6H2. The van der Waals surface area contributed by atoms with Crippen LogP contribution in [0, 0.1) is 0 Å². The van der Waals surface area contributed by atoms with Gasteiger partial charge >= 0.3 is 47.0 Å². The fraction of sp³-hybridized carbons (Fsp3) is 0.600. The zero-order valence-corrected chi connectivity index (χ0v) is 19.5. The Labute approximate surface area is 210 Å². The Morgan fingerprint density at radius 1 is 0.550 bits per heavy atom.